The summed E-state index contributed by atoms with van der Waals surface area (Å²) in [5.41, 5.74) is -2.93. The average Bonchev–Trinajstić information content (AvgIpc) is 2.59. The van der Waals surface area contributed by atoms with Crippen LogP contribution < -0.4 is 0 Å². The highest BCUT2D eigenvalue weighted by Gasteiger charge is 2.59. The molecular weight excluding hydrogens is 254 g/mol. The molecule has 1 N–H and O–H groups in total. The number of hydrogen-bond acceptors (Lipinski definition) is 6. The molecule has 1 heterocycles. The first-order valence-corrected chi connectivity index (χ1v) is 5.91. The van der Waals surface area contributed by atoms with Gasteiger partial charge in [-0.15, -0.1) is 0 Å². The fraction of sp³-hybridized carbons (Fsp3) is 0.833. The zero-order valence-corrected chi connectivity index (χ0v) is 12.1. The molecule has 7 heteroatoms. The third kappa shape index (κ3) is 2.58. The number of hydrogen-bond donors (Lipinski definition) is 1. The summed E-state index contributed by atoms with van der Waals surface area (Å²) in [6.07, 6.45) is -0.923. The van der Waals surface area contributed by atoms with Crippen molar-refractivity contribution in [1.82, 2.24) is 4.90 Å². The van der Waals surface area contributed by atoms with Crippen LogP contribution in [0, 0.1) is 0 Å². The predicted molar refractivity (Wildman–Crippen MR) is 64.9 cm³/mol. The molecule has 0 bridgehead atoms. The van der Waals surface area contributed by atoms with Gasteiger partial charge in [0.25, 0.3) is 0 Å². The highest BCUT2D eigenvalue weighted by molar-refractivity contribution is 5.82. The molecule has 1 aliphatic rings. The van der Waals surface area contributed by atoms with E-state index in [0.717, 1.165) is 7.11 Å². The number of amides is 1. The normalized spacial score (nSPS) is 28.9. The zero-order chi connectivity index (χ0) is 15.0. The van der Waals surface area contributed by atoms with Gasteiger partial charge in [0, 0.05) is 14.0 Å². The van der Waals surface area contributed by atoms with E-state index in [-0.39, 0.29) is 5.91 Å². The van der Waals surface area contributed by atoms with Gasteiger partial charge in [0.2, 0.25) is 5.91 Å². The molecule has 1 aliphatic heterocycles. The van der Waals surface area contributed by atoms with Crippen molar-refractivity contribution < 1.29 is 28.9 Å². The number of carbonyl (C=O) groups excluding carboxylic acids is 2. The minimum Gasteiger partial charge on any atom is -0.467 e. The van der Waals surface area contributed by atoms with Crippen molar-refractivity contribution >= 4 is 11.9 Å². The Kier molecular flexibility index (Phi) is 4.23. The third-order valence-corrected chi connectivity index (χ3v) is 3.27. The van der Waals surface area contributed by atoms with Gasteiger partial charge in [-0.2, -0.15) is 0 Å². The lowest BCUT2D eigenvalue weighted by Gasteiger charge is -2.37. The van der Waals surface area contributed by atoms with Crippen LogP contribution in [0.2, 0.25) is 0 Å². The second-order valence-corrected chi connectivity index (χ2v) is 5.14. The fourth-order valence-corrected chi connectivity index (χ4v) is 2.46. The summed E-state index contributed by atoms with van der Waals surface area (Å²) >= 11 is 0. The van der Waals surface area contributed by atoms with Crippen LogP contribution in [0.5, 0.6) is 0 Å². The lowest BCUT2D eigenvalue weighted by atomic mass is 9.94. The van der Waals surface area contributed by atoms with E-state index in [1.807, 2.05) is 0 Å². The Balaban J connectivity index is 3.26. The zero-order valence-electron chi connectivity index (χ0n) is 12.1. The van der Waals surface area contributed by atoms with E-state index >= 15 is 0 Å². The minimum atomic E-state index is -1.94. The topological polar surface area (TPSA) is 85.3 Å². The van der Waals surface area contributed by atoms with Crippen LogP contribution in [0.1, 0.15) is 27.7 Å². The maximum absolute atomic E-state index is 11.8. The molecule has 0 spiro atoms. The van der Waals surface area contributed by atoms with Crippen molar-refractivity contribution in [2.75, 3.05) is 14.2 Å². The Morgan fingerprint density at radius 1 is 1.37 bits per heavy atom. The number of methoxy groups -OCH3 is 2. The lowest BCUT2D eigenvalue weighted by Crippen LogP contribution is -2.61. The number of nitrogens with zero attached hydrogens (tertiary/aromatic N) is 1. The van der Waals surface area contributed by atoms with Gasteiger partial charge in [-0.25, -0.2) is 4.79 Å². The first kappa shape index (κ1) is 15.9. The molecule has 110 valence electrons. The number of carbonyl (C=O) groups is 2. The summed E-state index contributed by atoms with van der Waals surface area (Å²) in [5.74, 6) is -1.19. The second kappa shape index (κ2) is 5.07. The van der Waals surface area contributed by atoms with E-state index < -0.39 is 29.6 Å². The number of aliphatic hydroxyl groups is 1. The van der Waals surface area contributed by atoms with Gasteiger partial charge in [-0.1, -0.05) is 0 Å². The van der Waals surface area contributed by atoms with E-state index in [1.165, 1.54) is 25.9 Å². The molecule has 0 aromatic rings. The Labute approximate surface area is 112 Å². The minimum absolute atomic E-state index is 0.335. The van der Waals surface area contributed by atoms with Gasteiger partial charge in [-0.3, -0.25) is 4.79 Å². The summed E-state index contributed by atoms with van der Waals surface area (Å²) in [6.45, 7) is 5.93. The number of ether oxygens (including phenoxy) is 3. The van der Waals surface area contributed by atoms with Gasteiger partial charge in [-0.05, 0) is 20.8 Å². The maximum Gasteiger partial charge on any atom is 0.339 e. The van der Waals surface area contributed by atoms with E-state index in [4.69, 9.17) is 9.47 Å². The molecule has 3 atom stereocenters. The summed E-state index contributed by atoms with van der Waals surface area (Å²) in [5, 5.41) is 10.4. The summed E-state index contributed by atoms with van der Waals surface area (Å²) in [7, 11) is 2.54. The van der Waals surface area contributed by atoms with Gasteiger partial charge in [0.15, 0.2) is 11.9 Å². The molecule has 0 unspecified atom stereocenters. The van der Waals surface area contributed by atoms with E-state index in [1.54, 1.807) is 13.8 Å². The monoisotopic (exact) mass is 275 g/mol. The highest BCUT2D eigenvalue weighted by Crippen LogP contribution is 2.38. The molecule has 0 aliphatic carbocycles. The van der Waals surface area contributed by atoms with Gasteiger partial charge < -0.3 is 24.2 Å². The molecule has 0 aromatic carbocycles. The Morgan fingerprint density at radius 3 is 2.26 bits per heavy atom. The molecule has 0 radical (unpaired) electrons. The van der Waals surface area contributed by atoms with Gasteiger partial charge >= 0.3 is 5.97 Å². The van der Waals surface area contributed by atoms with E-state index in [9.17, 15) is 14.7 Å². The van der Waals surface area contributed by atoms with Crippen molar-refractivity contribution in [3.8, 4) is 0 Å². The van der Waals surface area contributed by atoms with Crippen LogP contribution in [0.4, 0.5) is 0 Å². The van der Waals surface area contributed by atoms with Crippen molar-refractivity contribution in [3.63, 3.8) is 0 Å². The highest BCUT2D eigenvalue weighted by atomic mass is 16.7. The smallest absolute Gasteiger partial charge is 0.339 e. The van der Waals surface area contributed by atoms with Crippen molar-refractivity contribution in [2.24, 2.45) is 0 Å². The Bertz CT molecular complexity index is 378. The molecule has 0 aromatic heterocycles. The Hall–Kier alpha value is -1.18. The van der Waals surface area contributed by atoms with Crippen LogP contribution in [0.15, 0.2) is 0 Å². The summed E-state index contributed by atoms with van der Waals surface area (Å²) in [6, 6.07) is -0.988. The molecule has 1 amide bonds. The molecule has 7 nitrogen and oxygen atoms in total. The predicted octanol–water partition coefficient (Wildman–Crippen LogP) is -0.134. The molecule has 19 heavy (non-hydrogen) atoms. The molecule has 1 saturated heterocycles. The fourth-order valence-electron chi connectivity index (χ4n) is 2.46. The largest absolute Gasteiger partial charge is 0.467 e. The van der Waals surface area contributed by atoms with Crippen molar-refractivity contribution in [1.29, 1.82) is 0 Å². The van der Waals surface area contributed by atoms with Gasteiger partial charge in [0.05, 0.1) is 7.11 Å². The lowest BCUT2D eigenvalue weighted by molar-refractivity contribution is -0.182. The standard InChI is InChI=1S/C12H21NO6/c1-7(14)13-8(12(4,16)10(15)18-6)9(17-5)19-11(13,2)3/h8-9,16H,1-6H3/t8-,9+,12-/m1/s1. The van der Waals surface area contributed by atoms with Crippen LogP contribution in [-0.2, 0) is 23.8 Å². The summed E-state index contributed by atoms with van der Waals surface area (Å²) < 4.78 is 15.3. The Morgan fingerprint density at radius 2 is 1.89 bits per heavy atom. The first-order valence-electron chi connectivity index (χ1n) is 5.91. The third-order valence-electron chi connectivity index (χ3n) is 3.27. The van der Waals surface area contributed by atoms with Crippen molar-refractivity contribution in [3.05, 3.63) is 0 Å². The SMILES string of the molecule is COC(=O)[C@](C)(O)[C@H]1[C@@H](OC)OC(C)(C)N1C(C)=O. The molecule has 1 rings (SSSR count). The van der Waals surface area contributed by atoms with Gasteiger partial charge in [0.1, 0.15) is 11.8 Å². The van der Waals surface area contributed by atoms with Crippen LogP contribution in [-0.4, -0.2) is 59.8 Å². The maximum atomic E-state index is 11.8. The average molecular weight is 275 g/mol. The first-order chi connectivity index (χ1) is 8.59. The van der Waals surface area contributed by atoms with E-state index in [2.05, 4.69) is 4.74 Å². The number of rotatable bonds is 3. The van der Waals surface area contributed by atoms with Crippen LogP contribution in [0.3, 0.4) is 0 Å². The van der Waals surface area contributed by atoms with Crippen LogP contribution in [0.25, 0.3) is 0 Å². The second-order valence-electron chi connectivity index (χ2n) is 5.14. The molecule has 0 saturated carbocycles. The van der Waals surface area contributed by atoms with Crippen molar-refractivity contribution in [2.45, 2.75) is 51.4 Å². The quantitative estimate of drug-likeness (QED) is 0.722. The molecule has 1 fully saturated rings. The molecular formula is C12H21NO6. The van der Waals surface area contributed by atoms with Crippen LogP contribution >= 0.6 is 0 Å². The number of esters is 1. The van der Waals surface area contributed by atoms with E-state index in [0.29, 0.717) is 0 Å². The summed E-state index contributed by atoms with van der Waals surface area (Å²) in [4.78, 5) is 24.8.